The van der Waals surface area contributed by atoms with E-state index in [4.69, 9.17) is 0 Å². The lowest BCUT2D eigenvalue weighted by Crippen LogP contribution is -2.16. The standard InChI is InChI=1S/C16H13BrFNS/c1-19-16(11-6-7-13(18)12(17)8-11)15-9-10-4-2-3-5-14(10)20-15/h2-9,16,19H,1H3. The number of hydrogen-bond acceptors (Lipinski definition) is 2. The predicted octanol–water partition coefficient (Wildman–Crippen LogP) is 5.11. The molecule has 1 nitrogen and oxygen atoms in total. The van der Waals surface area contributed by atoms with Gasteiger partial charge in [-0.25, -0.2) is 4.39 Å². The maximum Gasteiger partial charge on any atom is 0.137 e. The molecule has 0 spiro atoms. The zero-order chi connectivity index (χ0) is 14.1. The van der Waals surface area contributed by atoms with E-state index in [1.807, 2.05) is 31.3 Å². The average molecular weight is 350 g/mol. The molecule has 3 rings (SSSR count). The zero-order valence-corrected chi connectivity index (χ0v) is 13.3. The molecule has 0 saturated carbocycles. The van der Waals surface area contributed by atoms with E-state index in [1.165, 1.54) is 21.0 Å². The summed E-state index contributed by atoms with van der Waals surface area (Å²) in [6.45, 7) is 0. The quantitative estimate of drug-likeness (QED) is 0.692. The van der Waals surface area contributed by atoms with Crippen molar-refractivity contribution in [2.75, 3.05) is 7.05 Å². The molecule has 102 valence electrons. The van der Waals surface area contributed by atoms with Gasteiger partial charge in [0.15, 0.2) is 0 Å². The normalized spacial score (nSPS) is 12.8. The number of benzene rings is 2. The van der Waals surface area contributed by atoms with E-state index in [1.54, 1.807) is 11.3 Å². The minimum absolute atomic E-state index is 0.0734. The fraction of sp³-hybridized carbons (Fsp3) is 0.125. The fourth-order valence-corrected chi connectivity index (χ4v) is 3.91. The van der Waals surface area contributed by atoms with Crippen LogP contribution in [0.3, 0.4) is 0 Å². The number of hydrogen-bond donors (Lipinski definition) is 1. The topological polar surface area (TPSA) is 12.0 Å². The number of halogens is 2. The van der Waals surface area contributed by atoms with E-state index < -0.39 is 0 Å². The highest BCUT2D eigenvalue weighted by atomic mass is 79.9. The second kappa shape index (κ2) is 5.64. The molecule has 20 heavy (non-hydrogen) atoms. The van der Waals surface area contributed by atoms with Gasteiger partial charge in [0.2, 0.25) is 0 Å². The number of rotatable bonds is 3. The molecular formula is C16H13BrFNS. The Bertz CT molecular complexity index is 720. The van der Waals surface area contributed by atoms with Gasteiger partial charge in [-0.05, 0) is 58.2 Å². The number of fused-ring (bicyclic) bond motifs is 1. The van der Waals surface area contributed by atoms with Crippen LogP contribution in [0.2, 0.25) is 0 Å². The molecule has 1 aromatic heterocycles. The number of nitrogens with one attached hydrogen (secondary N) is 1. The summed E-state index contributed by atoms with van der Waals surface area (Å²) in [5.41, 5.74) is 1.05. The van der Waals surface area contributed by atoms with Gasteiger partial charge in [0.25, 0.3) is 0 Å². The molecule has 1 unspecified atom stereocenters. The van der Waals surface area contributed by atoms with Crippen molar-refractivity contribution >= 4 is 37.4 Å². The van der Waals surface area contributed by atoms with Crippen molar-refractivity contribution in [3.63, 3.8) is 0 Å². The Morgan fingerprint density at radius 3 is 2.65 bits per heavy atom. The minimum Gasteiger partial charge on any atom is -0.309 e. The van der Waals surface area contributed by atoms with E-state index in [9.17, 15) is 4.39 Å². The van der Waals surface area contributed by atoms with Gasteiger partial charge < -0.3 is 5.32 Å². The second-order valence-electron chi connectivity index (χ2n) is 4.58. The Hall–Kier alpha value is -1.23. The highest BCUT2D eigenvalue weighted by Gasteiger charge is 2.16. The molecular weight excluding hydrogens is 337 g/mol. The zero-order valence-electron chi connectivity index (χ0n) is 10.9. The van der Waals surface area contributed by atoms with Crippen molar-refractivity contribution in [3.05, 3.63) is 69.3 Å². The number of thiophene rings is 1. The second-order valence-corrected chi connectivity index (χ2v) is 6.55. The summed E-state index contributed by atoms with van der Waals surface area (Å²) in [7, 11) is 1.92. The molecule has 1 N–H and O–H groups in total. The molecule has 0 fully saturated rings. The molecule has 0 bridgehead atoms. The SMILES string of the molecule is CNC(c1ccc(F)c(Br)c1)c1cc2ccccc2s1. The Labute approximate surface area is 129 Å². The van der Waals surface area contributed by atoms with Crippen molar-refractivity contribution in [1.29, 1.82) is 0 Å². The highest BCUT2D eigenvalue weighted by molar-refractivity contribution is 9.10. The first-order chi connectivity index (χ1) is 9.69. The largest absolute Gasteiger partial charge is 0.309 e. The molecule has 1 atom stereocenters. The Morgan fingerprint density at radius 1 is 1.15 bits per heavy atom. The van der Waals surface area contributed by atoms with Gasteiger partial charge in [-0.3, -0.25) is 0 Å². The monoisotopic (exact) mass is 349 g/mol. The first-order valence-electron chi connectivity index (χ1n) is 6.29. The third-order valence-electron chi connectivity index (χ3n) is 3.29. The van der Waals surface area contributed by atoms with Crippen LogP contribution in [0.15, 0.2) is 53.0 Å². The van der Waals surface area contributed by atoms with Crippen molar-refractivity contribution in [1.82, 2.24) is 5.32 Å². The van der Waals surface area contributed by atoms with Crippen molar-refractivity contribution in [3.8, 4) is 0 Å². The first kappa shape index (κ1) is 13.7. The third kappa shape index (κ3) is 2.51. The van der Waals surface area contributed by atoms with Gasteiger partial charge in [-0.1, -0.05) is 24.3 Å². The summed E-state index contributed by atoms with van der Waals surface area (Å²) < 4.78 is 15.1. The van der Waals surface area contributed by atoms with Gasteiger partial charge in [-0.15, -0.1) is 11.3 Å². The minimum atomic E-state index is -0.236. The van der Waals surface area contributed by atoms with Crippen LogP contribution in [0.4, 0.5) is 4.39 Å². The fourth-order valence-electron chi connectivity index (χ4n) is 2.31. The Morgan fingerprint density at radius 2 is 1.95 bits per heavy atom. The van der Waals surface area contributed by atoms with Gasteiger partial charge in [-0.2, -0.15) is 0 Å². The van der Waals surface area contributed by atoms with Crippen LogP contribution in [0.1, 0.15) is 16.5 Å². The highest BCUT2D eigenvalue weighted by Crippen LogP contribution is 2.34. The Kier molecular flexibility index (Phi) is 3.87. The van der Waals surface area contributed by atoms with Crippen molar-refractivity contribution < 1.29 is 4.39 Å². The lowest BCUT2D eigenvalue weighted by Gasteiger charge is -2.15. The first-order valence-corrected chi connectivity index (χ1v) is 7.90. The van der Waals surface area contributed by atoms with Crippen LogP contribution < -0.4 is 5.32 Å². The van der Waals surface area contributed by atoms with E-state index in [-0.39, 0.29) is 11.9 Å². The summed E-state index contributed by atoms with van der Waals surface area (Å²) in [5, 5.41) is 4.55. The van der Waals surface area contributed by atoms with Crippen LogP contribution in [0.5, 0.6) is 0 Å². The van der Waals surface area contributed by atoms with Crippen molar-refractivity contribution in [2.24, 2.45) is 0 Å². The summed E-state index contributed by atoms with van der Waals surface area (Å²) in [6.07, 6.45) is 0. The summed E-state index contributed by atoms with van der Waals surface area (Å²) >= 11 is 5.01. The Balaban J connectivity index is 2.06. The molecule has 4 heteroatoms. The van der Waals surface area contributed by atoms with Gasteiger partial charge in [0.05, 0.1) is 10.5 Å². The average Bonchev–Trinajstić information content (AvgIpc) is 2.87. The van der Waals surface area contributed by atoms with E-state index in [2.05, 4.69) is 39.4 Å². The lowest BCUT2D eigenvalue weighted by molar-refractivity contribution is 0.617. The molecule has 0 amide bonds. The molecule has 0 saturated heterocycles. The van der Waals surface area contributed by atoms with E-state index in [0.717, 1.165) is 5.56 Å². The summed E-state index contributed by atoms with van der Waals surface area (Å²) in [6, 6.07) is 15.7. The van der Waals surface area contributed by atoms with Crippen molar-refractivity contribution in [2.45, 2.75) is 6.04 Å². The molecule has 0 radical (unpaired) electrons. The summed E-state index contributed by atoms with van der Waals surface area (Å²) in [5.74, 6) is -0.236. The van der Waals surface area contributed by atoms with Crippen LogP contribution in [0.25, 0.3) is 10.1 Å². The van der Waals surface area contributed by atoms with Crippen LogP contribution in [0, 0.1) is 5.82 Å². The van der Waals surface area contributed by atoms with Crippen LogP contribution in [-0.4, -0.2) is 7.05 Å². The summed E-state index contributed by atoms with van der Waals surface area (Å²) in [4.78, 5) is 1.23. The molecule has 0 aliphatic rings. The maximum atomic E-state index is 13.4. The van der Waals surface area contributed by atoms with Gasteiger partial charge in [0, 0.05) is 9.58 Å². The van der Waals surface area contributed by atoms with Gasteiger partial charge >= 0.3 is 0 Å². The molecule has 3 aromatic rings. The van der Waals surface area contributed by atoms with Gasteiger partial charge in [0.1, 0.15) is 5.82 Å². The predicted molar refractivity (Wildman–Crippen MR) is 86.8 cm³/mol. The van der Waals surface area contributed by atoms with E-state index in [0.29, 0.717) is 4.47 Å². The third-order valence-corrected chi connectivity index (χ3v) is 5.08. The maximum absolute atomic E-state index is 13.4. The molecule has 1 heterocycles. The van der Waals surface area contributed by atoms with Crippen LogP contribution in [-0.2, 0) is 0 Å². The van der Waals surface area contributed by atoms with E-state index >= 15 is 0 Å². The molecule has 0 aliphatic heterocycles. The molecule has 2 aromatic carbocycles. The lowest BCUT2D eigenvalue weighted by atomic mass is 10.1. The smallest absolute Gasteiger partial charge is 0.137 e. The van der Waals surface area contributed by atoms with Crippen LogP contribution >= 0.6 is 27.3 Å². The molecule has 0 aliphatic carbocycles.